The third-order valence-corrected chi connectivity index (χ3v) is 7.05. The van der Waals surface area contributed by atoms with E-state index in [0.29, 0.717) is 37.6 Å². The Bertz CT molecular complexity index is 943. The predicted molar refractivity (Wildman–Crippen MR) is 120 cm³/mol. The van der Waals surface area contributed by atoms with E-state index in [1.54, 1.807) is 6.07 Å². The van der Waals surface area contributed by atoms with E-state index in [0.717, 1.165) is 50.1 Å². The molecule has 2 saturated heterocycles. The van der Waals surface area contributed by atoms with Crippen molar-refractivity contribution in [3.05, 3.63) is 34.6 Å². The molecule has 32 heavy (non-hydrogen) atoms. The topological polar surface area (TPSA) is 82.2 Å². The minimum Gasteiger partial charge on any atom is -0.356 e. The molecule has 2 aliphatic rings. The Morgan fingerprint density at radius 1 is 1.28 bits per heavy atom. The van der Waals surface area contributed by atoms with Gasteiger partial charge in [0.2, 0.25) is 5.91 Å². The fourth-order valence-corrected chi connectivity index (χ4v) is 5.05. The molecule has 174 valence electrons. The highest BCUT2D eigenvalue weighted by Gasteiger charge is 2.36. The van der Waals surface area contributed by atoms with Gasteiger partial charge in [0, 0.05) is 50.1 Å². The van der Waals surface area contributed by atoms with Crippen molar-refractivity contribution in [3.63, 3.8) is 0 Å². The molecule has 2 fully saturated rings. The van der Waals surface area contributed by atoms with Crippen molar-refractivity contribution in [2.45, 2.75) is 38.1 Å². The van der Waals surface area contributed by atoms with Gasteiger partial charge in [0.25, 0.3) is 0 Å². The Balaban J connectivity index is 1.30. The number of carbonyl (C=O) groups excluding carboxylic acids is 1. The lowest BCUT2D eigenvalue weighted by Crippen LogP contribution is -2.51. The lowest BCUT2D eigenvalue weighted by molar-refractivity contribution is -0.137. The third kappa shape index (κ3) is 4.83. The minimum absolute atomic E-state index is 0.0415. The number of amides is 1. The van der Waals surface area contributed by atoms with Gasteiger partial charge in [-0.15, -0.1) is 0 Å². The van der Waals surface area contributed by atoms with Crippen molar-refractivity contribution in [1.82, 2.24) is 19.9 Å². The highest BCUT2D eigenvalue weighted by atomic mass is 19.1. The van der Waals surface area contributed by atoms with Crippen LogP contribution in [0.2, 0.25) is 0 Å². The number of likely N-dealkylation sites (tertiary alicyclic amines) is 2. The quantitative estimate of drug-likeness (QED) is 0.609. The van der Waals surface area contributed by atoms with Gasteiger partial charge in [0.1, 0.15) is 11.9 Å². The number of likely N-dealkylation sites (N-methyl/N-ethyl adjacent to an activating group) is 1. The SMILES string of the molecule is CCN(CCN1CCC(c2noc3cc(F)ccc23)CC1)C(=O)C1CN(C)CCC1N=O. The van der Waals surface area contributed by atoms with Gasteiger partial charge < -0.3 is 19.2 Å². The molecule has 1 amide bonds. The Hall–Kier alpha value is -2.39. The van der Waals surface area contributed by atoms with Crippen molar-refractivity contribution >= 4 is 16.9 Å². The second-order valence-electron chi connectivity index (χ2n) is 9.07. The zero-order valence-corrected chi connectivity index (χ0v) is 18.9. The Morgan fingerprint density at radius 3 is 2.78 bits per heavy atom. The summed E-state index contributed by atoms with van der Waals surface area (Å²) in [5.41, 5.74) is 1.41. The lowest BCUT2D eigenvalue weighted by Gasteiger charge is -2.37. The van der Waals surface area contributed by atoms with Crippen molar-refractivity contribution in [2.75, 3.05) is 52.9 Å². The van der Waals surface area contributed by atoms with Crippen LogP contribution < -0.4 is 0 Å². The van der Waals surface area contributed by atoms with Crippen LogP contribution in [0.4, 0.5) is 4.39 Å². The second-order valence-corrected chi connectivity index (χ2v) is 9.07. The van der Waals surface area contributed by atoms with Crippen molar-refractivity contribution in [1.29, 1.82) is 0 Å². The molecule has 1 aromatic carbocycles. The van der Waals surface area contributed by atoms with Crippen LogP contribution in [0.15, 0.2) is 27.9 Å². The molecule has 3 heterocycles. The van der Waals surface area contributed by atoms with Gasteiger partial charge in [0.05, 0.1) is 11.6 Å². The van der Waals surface area contributed by atoms with Crippen LogP contribution in [-0.4, -0.2) is 84.7 Å². The Kier molecular flexibility index (Phi) is 7.15. The monoisotopic (exact) mass is 445 g/mol. The largest absolute Gasteiger partial charge is 0.356 e. The zero-order chi connectivity index (χ0) is 22.7. The molecule has 0 radical (unpaired) electrons. The van der Waals surface area contributed by atoms with Crippen LogP contribution in [-0.2, 0) is 4.79 Å². The van der Waals surface area contributed by atoms with E-state index in [-0.39, 0.29) is 17.6 Å². The van der Waals surface area contributed by atoms with Gasteiger partial charge in [-0.05, 0) is 58.5 Å². The molecule has 8 nitrogen and oxygen atoms in total. The van der Waals surface area contributed by atoms with Crippen LogP contribution in [0.1, 0.15) is 37.8 Å². The molecule has 4 rings (SSSR count). The first-order chi connectivity index (χ1) is 15.5. The summed E-state index contributed by atoms with van der Waals surface area (Å²) in [6.45, 7) is 7.29. The lowest BCUT2D eigenvalue weighted by atomic mass is 9.91. The summed E-state index contributed by atoms with van der Waals surface area (Å²) in [7, 11) is 1.98. The summed E-state index contributed by atoms with van der Waals surface area (Å²) in [5.74, 6) is -0.332. The van der Waals surface area contributed by atoms with E-state index in [4.69, 9.17) is 4.52 Å². The van der Waals surface area contributed by atoms with E-state index < -0.39 is 6.04 Å². The van der Waals surface area contributed by atoms with Crippen LogP contribution in [0.25, 0.3) is 11.0 Å². The molecule has 2 aromatic rings. The number of aromatic nitrogens is 1. The molecular formula is C23H32FN5O3. The maximum Gasteiger partial charge on any atom is 0.229 e. The second kappa shape index (κ2) is 10.0. The van der Waals surface area contributed by atoms with Crippen LogP contribution in [0, 0.1) is 16.6 Å². The normalized spacial score (nSPS) is 23.5. The smallest absolute Gasteiger partial charge is 0.229 e. The molecule has 0 aliphatic carbocycles. The molecule has 2 aliphatic heterocycles. The van der Waals surface area contributed by atoms with Gasteiger partial charge >= 0.3 is 0 Å². The Morgan fingerprint density at radius 2 is 2.06 bits per heavy atom. The summed E-state index contributed by atoms with van der Waals surface area (Å²) >= 11 is 0. The molecule has 2 unspecified atom stereocenters. The number of hydrogen-bond acceptors (Lipinski definition) is 7. The molecular weight excluding hydrogens is 413 g/mol. The maximum absolute atomic E-state index is 13.4. The van der Waals surface area contributed by atoms with Crippen molar-refractivity contribution in [2.24, 2.45) is 11.1 Å². The number of fused-ring (bicyclic) bond motifs is 1. The van der Waals surface area contributed by atoms with E-state index in [9.17, 15) is 14.1 Å². The van der Waals surface area contributed by atoms with E-state index >= 15 is 0 Å². The third-order valence-electron chi connectivity index (χ3n) is 7.05. The van der Waals surface area contributed by atoms with Gasteiger partial charge in [0.15, 0.2) is 5.58 Å². The van der Waals surface area contributed by atoms with Gasteiger partial charge in [-0.1, -0.05) is 10.3 Å². The number of hydrogen-bond donors (Lipinski definition) is 0. The first-order valence-corrected chi connectivity index (χ1v) is 11.6. The minimum atomic E-state index is -0.422. The average molecular weight is 446 g/mol. The first kappa shape index (κ1) is 22.8. The Labute approximate surface area is 187 Å². The fraction of sp³-hybridized carbons (Fsp3) is 0.652. The van der Waals surface area contributed by atoms with Crippen LogP contribution in [0.5, 0.6) is 0 Å². The van der Waals surface area contributed by atoms with Crippen molar-refractivity contribution < 1.29 is 13.7 Å². The number of nitroso groups, excluding NO2 is 1. The zero-order valence-electron chi connectivity index (χ0n) is 18.9. The molecule has 0 saturated carbocycles. The van der Waals surface area contributed by atoms with E-state index in [1.807, 2.05) is 18.9 Å². The number of piperidine rings is 2. The van der Waals surface area contributed by atoms with E-state index in [2.05, 4.69) is 20.1 Å². The fourth-order valence-electron chi connectivity index (χ4n) is 5.05. The molecule has 9 heteroatoms. The summed E-state index contributed by atoms with van der Waals surface area (Å²) < 4.78 is 18.7. The molecule has 1 aromatic heterocycles. The van der Waals surface area contributed by atoms with Crippen molar-refractivity contribution in [3.8, 4) is 0 Å². The number of rotatable bonds is 7. The standard InChI is InChI=1S/C23H32FN5O3/c1-3-29(23(30)19-15-27(2)9-8-20(19)25-31)13-12-28-10-6-16(7-11-28)22-18-5-4-17(24)14-21(18)32-26-22/h4-5,14,16,19-20H,3,6-13,15H2,1-2H3. The summed E-state index contributed by atoms with van der Waals surface area (Å²) in [6, 6.07) is 4.15. The molecule has 0 bridgehead atoms. The number of halogens is 1. The number of benzene rings is 1. The number of carbonyl (C=O) groups is 1. The summed E-state index contributed by atoms with van der Waals surface area (Å²) in [5, 5.41) is 8.35. The average Bonchev–Trinajstić information content (AvgIpc) is 3.22. The van der Waals surface area contributed by atoms with Gasteiger partial charge in [-0.3, -0.25) is 4.79 Å². The van der Waals surface area contributed by atoms with Crippen LogP contribution >= 0.6 is 0 Å². The predicted octanol–water partition coefficient (Wildman–Crippen LogP) is 3.08. The maximum atomic E-state index is 13.4. The summed E-state index contributed by atoms with van der Waals surface area (Å²) in [6.07, 6.45) is 2.54. The first-order valence-electron chi connectivity index (χ1n) is 11.6. The highest BCUT2D eigenvalue weighted by Crippen LogP contribution is 2.32. The highest BCUT2D eigenvalue weighted by molar-refractivity contribution is 5.80. The van der Waals surface area contributed by atoms with Gasteiger partial charge in [-0.25, -0.2) is 4.39 Å². The van der Waals surface area contributed by atoms with E-state index in [1.165, 1.54) is 12.1 Å². The summed E-state index contributed by atoms with van der Waals surface area (Å²) in [4.78, 5) is 30.7. The number of nitrogens with zero attached hydrogens (tertiary/aromatic N) is 5. The molecule has 2 atom stereocenters. The van der Waals surface area contributed by atoms with Gasteiger partial charge in [-0.2, -0.15) is 4.91 Å². The molecule has 0 spiro atoms. The molecule has 0 N–H and O–H groups in total. The van der Waals surface area contributed by atoms with Crippen LogP contribution in [0.3, 0.4) is 0 Å².